The van der Waals surface area contributed by atoms with E-state index in [2.05, 4.69) is 18.6 Å². The van der Waals surface area contributed by atoms with E-state index in [0.29, 0.717) is 19.0 Å². The van der Waals surface area contributed by atoms with Crippen LogP contribution >= 0.6 is 0 Å². The van der Waals surface area contributed by atoms with Gasteiger partial charge in [0.1, 0.15) is 0 Å². The van der Waals surface area contributed by atoms with Crippen LogP contribution in [-0.4, -0.2) is 43.6 Å². The van der Waals surface area contributed by atoms with Crippen molar-refractivity contribution in [3.05, 3.63) is 0 Å². The summed E-state index contributed by atoms with van der Waals surface area (Å²) in [7, 11) is -3.36. The number of nitrogens with one attached hydrogen (secondary N) is 1. The zero-order chi connectivity index (χ0) is 13.8. The van der Waals surface area contributed by atoms with Crippen molar-refractivity contribution >= 4 is 10.2 Å². The van der Waals surface area contributed by atoms with Crippen molar-refractivity contribution < 1.29 is 13.5 Å². The van der Waals surface area contributed by atoms with Crippen LogP contribution in [0.4, 0.5) is 0 Å². The predicted octanol–water partition coefficient (Wildman–Crippen LogP) is 0.960. The Morgan fingerprint density at radius 1 is 1.28 bits per heavy atom. The molecule has 0 aromatic heterocycles. The average Bonchev–Trinajstić information content (AvgIpc) is 2.27. The molecular weight excluding hydrogens is 252 g/mol. The smallest absolute Gasteiger partial charge is 0.279 e. The number of nitrogens with zero attached hydrogens (tertiary/aromatic N) is 1. The summed E-state index contributed by atoms with van der Waals surface area (Å²) in [6, 6.07) is -0.0365. The topological polar surface area (TPSA) is 69.6 Å². The van der Waals surface area contributed by atoms with Gasteiger partial charge in [-0.2, -0.15) is 17.4 Å². The van der Waals surface area contributed by atoms with Gasteiger partial charge in [-0.15, -0.1) is 0 Å². The van der Waals surface area contributed by atoms with E-state index in [-0.39, 0.29) is 18.6 Å². The molecule has 1 aliphatic heterocycles. The summed E-state index contributed by atoms with van der Waals surface area (Å²) >= 11 is 0. The van der Waals surface area contributed by atoms with Gasteiger partial charge >= 0.3 is 0 Å². The van der Waals surface area contributed by atoms with Crippen molar-refractivity contribution in [1.82, 2.24) is 9.03 Å². The third-order valence-corrected chi connectivity index (χ3v) is 5.09. The van der Waals surface area contributed by atoms with Crippen LogP contribution in [-0.2, 0) is 10.2 Å². The van der Waals surface area contributed by atoms with Crippen molar-refractivity contribution in [2.24, 2.45) is 11.8 Å². The van der Waals surface area contributed by atoms with E-state index < -0.39 is 10.2 Å². The monoisotopic (exact) mass is 278 g/mol. The van der Waals surface area contributed by atoms with Crippen LogP contribution < -0.4 is 4.72 Å². The van der Waals surface area contributed by atoms with Crippen LogP contribution in [0.2, 0.25) is 0 Å². The van der Waals surface area contributed by atoms with Gasteiger partial charge in [0.05, 0.1) is 0 Å². The molecule has 1 atom stereocenters. The Bertz CT molecular complexity index is 335. The molecule has 6 heteroatoms. The molecule has 1 fully saturated rings. The first-order chi connectivity index (χ1) is 8.35. The second-order valence-corrected chi connectivity index (χ2v) is 7.38. The van der Waals surface area contributed by atoms with Crippen LogP contribution in [0.3, 0.4) is 0 Å². The molecule has 0 amide bonds. The van der Waals surface area contributed by atoms with E-state index in [9.17, 15) is 8.42 Å². The van der Waals surface area contributed by atoms with Gasteiger partial charge in [-0.05, 0) is 38.0 Å². The van der Waals surface area contributed by atoms with Crippen molar-refractivity contribution in [2.45, 2.75) is 46.1 Å². The summed E-state index contributed by atoms with van der Waals surface area (Å²) < 4.78 is 28.5. The molecule has 0 radical (unpaired) electrons. The summed E-state index contributed by atoms with van der Waals surface area (Å²) in [5, 5.41) is 9.04. The van der Waals surface area contributed by atoms with E-state index in [1.165, 1.54) is 4.31 Å². The molecule has 1 aliphatic rings. The van der Waals surface area contributed by atoms with E-state index in [1.54, 1.807) is 0 Å². The quantitative estimate of drug-likeness (QED) is 0.760. The Hall–Kier alpha value is -0.170. The second-order valence-electron chi connectivity index (χ2n) is 5.68. The molecule has 0 aromatic rings. The number of aliphatic hydroxyl groups is 1. The largest absolute Gasteiger partial charge is 0.396 e. The first kappa shape index (κ1) is 15.9. The predicted molar refractivity (Wildman–Crippen MR) is 72.4 cm³/mol. The first-order valence-electron chi connectivity index (χ1n) is 6.73. The molecule has 1 saturated heterocycles. The van der Waals surface area contributed by atoms with Gasteiger partial charge in [0.15, 0.2) is 0 Å². The molecule has 2 N–H and O–H groups in total. The molecular formula is C12H26N2O3S. The highest BCUT2D eigenvalue weighted by Gasteiger charge is 2.28. The Kier molecular flexibility index (Phi) is 6.04. The van der Waals surface area contributed by atoms with E-state index >= 15 is 0 Å². The van der Waals surface area contributed by atoms with Gasteiger partial charge < -0.3 is 5.11 Å². The fourth-order valence-corrected chi connectivity index (χ4v) is 3.86. The molecule has 0 saturated carbocycles. The van der Waals surface area contributed by atoms with Crippen LogP contribution in [0.25, 0.3) is 0 Å². The minimum absolute atomic E-state index is 0.0365. The van der Waals surface area contributed by atoms with Gasteiger partial charge in [-0.3, -0.25) is 0 Å². The highest BCUT2D eigenvalue weighted by molar-refractivity contribution is 7.87. The Labute approximate surface area is 111 Å². The third kappa shape index (κ3) is 4.84. The fourth-order valence-electron chi connectivity index (χ4n) is 2.42. The summed E-state index contributed by atoms with van der Waals surface area (Å²) in [5.74, 6) is 0.729. The first-order valence-corrected chi connectivity index (χ1v) is 8.17. The molecule has 5 nitrogen and oxygen atoms in total. The zero-order valence-corrected chi connectivity index (χ0v) is 12.4. The van der Waals surface area contributed by atoms with Gasteiger partial charge in [0, 0.05) is 25.7 Å². The van der Waals surface area contributed by atoms with Crippen LogP contribution in [0.5, 0.6) is 0 Å². The molecule has 1 heterocycles. The summed E-state index contributed by atoms with van der Waals surface area (Å²) in [6.45, 7) is 7.24. The van der Waals surface area contributed by atoms with E-state index in [1.807, 2.05) is 6.92 Å². The molecule has 0 aliphatic carbocycles. The third-order valence-electron chi connectivity index (χ3n) is 3.35. The normalized spacial score (nSPS) is 21.4. The Balaban J connectivity index is 2.49. The highest BCUT2D eigenvalue weighted by Crippen LogP contribution is 2.18. The number of rotatable bonds is 6. The summed E-state index contributed by atoms with van der Waals surface area (Å²) in [4.78, 5) is 0. The number of hydrogen-bond donors (Lipinski definition) is 2. The van der Waals surface area contributed by atoms with Gasteiger partial charge in [0.25, 0.3) is 10.2 Å². The zero-order valence-electron chi connectivity index (χ0n) is 11.6. The summed E-state index contributed by atoms with van der Waals surface area (Å²) in [5.41, 5.74) is 0. The van der Waals surface area contributed by atoms with Crippen LogP contribution in [0.15, 0.2) is 0 Å². The molecule has 0 aromatic carbocycles. The van der Waals surface area contributed by atoms with Crippen molar-refractivity contribution in [1.29, 1.82) is 0 Å². The minimum atomic E-state index is -3.36. The SMILES string of the molecule is CC(C)CC(C)NS(=O)(=O)N1CCC(CO)CC1. The lowest BCUT2D eigenvalue weighted by atomic mass is 10.00. The number of piperidine rings is 1. The molecule has 108 valence electrons. The lowest BCUT2D eigenvalue weighted by Crippen LogP contribution is -2.48. The second kappa shape index (κ2) is 6.84. The average molecular weight is 278 g/mol. The number of hydrogen-bond acceptors (Lipinski definition) is 3. The molecule has 1 rings (SSSR count). The van der Waals surface area contributed by atoms with Crippen LogP contribution in [0.1, 0.15) is 40.0 Å². The summed E-state index contributed by atoms with van der Waals surface area (Å²) in [6.07, 6.45) is 2.33. The van der Waals surface area contributed by atoms with Crippen molar-refractivity contribution in [3.63, 3.8) is 0 Å². The molecule has 0 bridgehead atoms. The van der Waals surface area contributed by atoms with E-state index in [4.69, 9.17) is 5.11 Å². The van der Waals surface area contributed by atoms with E-state index in [0.717, 1.165) is 19.3 Å². The lowest BCUT2D eigenvalue weighted by Gasteiger charge is -2.31. The maximum Gasteiger partial charge on any atom is 0.279 e. The molecule has 1 unspecified atom stereocenters. The fraction of sp³-hybridized carbons (Fsp3) is 1.00. The van der Waals surface area contributed by atoms with Gasteiger partial charge in [-0.25, -0.2) is 0 Å². The van der Waals surface area contributed by atoms with Gasteiger partial charge in [0.2, 0.25) is 0 Å². The molecule has 0 spiro atoms. The lowest BCUT2D eigenvalue weighted by molar-refractivity contribution is 0.169. The Morgan fingerprint density at radius 3 is 2.28 bits per heavy atom. The van der Waals surface area contributed by atoms with Crippen molar-refractivity contribution in [2.75, 3.05) is 19.7 Å². The maximum absolute atomic E-state index is 12.1. The van der Waals surface area contributed by atoms with Crippen molar-refractivity contribution in [3.8, 4) is 0 Å². The maximum atomic E-state index is 12.1. The molecule has 18 heavy (non-hydrogen) atoms. The number of aliphatic hydroxyl groups excluding tert-OH is 1. The minimum Gasteiger partial charge on any atom is -0.396 e. The highest BCUT2D eigenvalue weighted by atomic mass is 32.2. The van der Waals surface area contributed by atoms with Gasteiger partial charge in [-0.1, -0.05) is 13.8 Å². The van der Waals surface area contributed by atoms with Crippen LogP contribution in [0, 0.1) is 11.8 Å². The standard InChI is InChI=1S/C12H26N2O3S/c1-10(2)8-11(3)13-18(16,17)14-6-4-12(9-15)5-7-14/h10-13,15H,4-9H2,1-3H3. The Morgan fingerprint density at radius 2 is 1.83 bits per heavy atom.